The molecule has 4 heteroatoms. The average molecular weight is 291 g/mol. The molecular formula is C12H19BrO3. The van der Waals surface area contributed by atoms with Gasteiger partial charge in [0.15, 0.2) is 0 Å². The molecule has 0 amide bonds. The molecule has 1 rings (SSSR count). The predicted molar refractivity (Wildman–Crippen MR) is 65.4 cm³/mol. The lowest BCUT2D eigenvalue weighted by Crippen LogP contribution is -2.45. The molecular weight excluding hydrogens is 272 g/mol. The van der Waals surface area contributed by atoms with E-state index in [0.29, 0.717) is 11.4 Å². The Morgan fingerprint density at radius 1 is 1.50 bits per heavy atom. The van der Waals surface area contributed by atoms with Gasteiger partial charge in [-0.3, -0.25) is 4.79 Å². The molecule has 0 aromatic rings. The first-order chi connectivity index (χ1) is 7.39. The van der Waals surface area contributed by atoms with Crippen LogP contribution in [-0.4, -0.2) is 23.7 Å². The summed E-state index contributed by atoms with van der Waals surface area (Å²) in [7, 11) is 0. The minimum absolute atomic E-state index is 0.00292. The first-order valence-electron chi connectivity index (χ1n) is 5.62. The maximum Gasteiger partial charge on any atom is 0.302 e. The summed E-state index contributed by atoms with van der Waals surface area (Å²) in [4.78, 5) is 22.3. The third-order valence-corrected chi connectivity index (χ3v) is 5.31. The molecule has 3 atom stereocenters. The summed E-state index contributed by atoms with van der Waals surface area (Å²) in [6.45, 7) is 5.98. The smallest absolute Gasteiger partial charge is 0.302 e. The first kappa shape index (κ1) is 13.7. The SMILES string of the molecule is CC(=O)OC[C@@H]1[C@H](C=O)CC[C@H](Br)C1(C)C. The summed E-state index contributed by atoms with van der Waals surface area (Å²) in [5.41, 5.74) is -0.0285. The molecule has 0 saturated heterocycles. The van der Waals surface area contributed by atoms with E-state index in [1.807, 2.05) is 0 Å². The standard InChI is InChI=1S/C12H19BrO3/c1-8(15)16-7-10-9(6-14)4-5-11(13)12(10,2)3/h6,9-11H,4-5,7H2,1-3H3/t9-,10+,11-/m0/s1. The number of esters is 1. The number of hydrogen-bond acceptors (Lipinski definition) is 3. The lowest BCUT2D eigenvalue weighted by atomic mass is 9.64. The van der Waals surface area contributed by atoms with E-state index < -0.39 is 0 Å². The quantitative estimate of drug-likeness (QED) is 0.456. The third-order valence-electron chi connectivity index (χ3n) is 3.67. The topological polar surface area (TPSA) is 43.4 Å². The third kappa shape index (κ3) is 2.84. The van der Waals surface area contributed by atoms with Gasteiger partial charge in [-0.25, -0.2) is 0 Å². The molecule has 0 unspecified atom stereocenters. The molecule has 0 aromatic heterocycles. The zero-order chi connectivity index (χ0) is 12.3. The van der Waals surface area contributed by atoms with Crippen molar-refractivity contribution in [2.45, 2.75) is 38.4 Å². The molecule has 0 bridgehead atoms. The Kier molecular flexibility index (Phi) is 4.53. The average Bonchev–Trinajstić information content (AvgIpc) is 2.20. The minimum atomic E-state index is -0.280. The minimum Gasteiger partial charge on any atom is -0.466 e. The van der Waals surface area contributed by atoms with Gasteiger partial charge in [-0.05, 0) is 18.3 Å². The molecule has 0 radical (unpaired) electrons. The van der Waals surface area contributed by atoms with E-state index in [2.05, 4.69) is 29.8 Å². The molecule has 1 aliphatic rings. The molecule has 1 saturated carbocycles. The maximum atomic E-state index is 11.1. The van der Waals surface area contributed by atoms with Crippen LogP contribution >= 0.6 is 15.9 Å². The Hall–Kier alpha value is -0.380. The second kappa shape index (κ2) is 5.30. The molecule has 1 aliphatic carbocycles. The van der Waals surface area contributed by atoms with E-state index in [1.165, 1.54) is 6.92 Å². The molecule has 92 valence electrons. The van der Waals surface area contributed by atoms with Crippen molar-refractivity contribution in [3.63, 3.8) is 0 Å². The number of ether oxygens (including phenoxy) is 1. The van der Waals surface area contributed by atoms with Gasteiger partial charge in [0.25, 0.3) is 0 Å². The lowest BCUT2D eigenvalue weighted by Gasteiger charge is -2.45. The Labute approximate surface area is 105 Å². The summed E-state index contributed by atoms with van der Waals surface area (Å²) in [6, 6.07) is 0. The number of carbonyl (C=O) groups is 2. The number of carbonyl (C=O) groups excluding carboxylic acids is 2. The van der Waals surface area contributed by atoms with E-state index in [0.717, 1.165) is 19.1 Å². The van der Waals surface area contributed by atoms with Crippen LogP contribution in [0.25, 0.3) is 0 Å². The van der Waals surface area contributed by atoms with Crippen LogP contribution in [0.5, 0.6) is 0 Å². The first-order valence-corrected chi connectivity index (χ1v) is 6.54. The van der Waals surface area contributed by atoms with Crippen molar-refractivity contribution in [2.24, 2.45) is 17.3 Å². The van der Waals surface area contributed by atoms with Crippen LogP contribution < -0.4 is 0 Å². The van der Waals surface area contributed by atoms with Crippen LogP contribution in [-0.2, 0) is 14.3 Å². The molecule has 0 aromatic carbocycles. The predicted octanol–water partition coefficient (Wildman–Crippen LogP) is 2.56. The fourth-order valence-electron chi connectivity index (χ4n) is 2.40. The van der Waals surface area contributed by atoms with E-state index >= 15 is 0 Å². The Morgan fingerprint density at radius 2 is 2.12 bits per heavy atom. The van der Waals surface area contributed by atoms with E-state index in [4.69, 9.17) is 4.74 Å². The van der Waals surface area contributed by atoms with Crippen LogP contribution in [0.1, 0.15) is 33.6 Å². The van der Waals surface area contributed by atoms with Gasteiger partial charge in [0.05, 0.1) is 6.61 Å². The van der Waals surface area contributed by atoms with E-state index in [1.54, 1.807) is 0 Å². The summed E-state index contributed by atoms with van der Waals surface area (Å²) >= 11 is 3.66. The summed E-state index contributed by atoms with van der Waals surface area (Å²) in [5, 5.41) is 0. The van der Waals surface area contributed by atoms with E-state index in [9.17, 15) is 9.59 Å². The number of hydrogen-bond donors (Lipinski definition) is 0. The molecule has 16 heavy (non-hydrogen) atoms. The second-order valence-electron chi connectivity index (χ2n) is 5.08. The normalized spacial score (nSPS) is 33.1. The van der Waals surface area contributed by atoms with Crippen LogP contribution in [0, 0.1) is 17.3 Å². The zero-order valence-electron chi connectivity index (χ0n) is 10.0. The highest BCUT2D eigenvalue weighted by molar-refractivity contribution is 9.09. The monoisotopic (exact) mass is 290 g/mol. The van der Waals surface area contributed by atoms with Crippen molar-refractivity contribution in [2.75, 3.05) is 6.61 Å². The van der Waals surface area contributed by atoms with Crippen LogP contribution in [0.15, 0.2) is 0 Å². The second-order valence-corrected chi connectivity index (χ2v) is 6.18. The van der Waals surface area contributed by atoms with Gasteiger partial charge in [-0.1, -0.05) is 29.8 Å². The van der Waals surface area contributed by atoms with Crippen molar-refractivity contribution in [1.82, 2.24) is 0 Å². The van der Waals surface area contributed by atoms with Crippen LogP contribution in [0.2, 0.25) is 0 Å². The molecule has 0 aliphatic heterocycles. The largest absolute Gasteiger partial charge is 0.466 e. The molecule has 0 spiro atoms. The van der Waals surface area contributed by atoms with Gasteiger partial charge in [0.1, 0.15) is 6.29 Å². The zero-order valence-corrected chi connectivity index (χ0v) is 11.6. The summed E-state index contributed by atoms with van der Waals surface area (Å²) in [6.07, 6.45) is 2.87. The van der Waals surface area contributed by atoms with Gasteiger partial charge < -0.3 is 9.53 Å². The fourth-order valence-corrected chi connectivity index (χ4v) is 3.01. The van der Waals surface area contributed by atoms with Gasteiger partial charge in [0.2, 0.25) is 0 Å². The van der Waals surface area contributed by atoms with Crippen molar-refractivity contribution < 1.29 is 14.3 Å². The van der Waals surface area contributed by atoms with Crippen LogP contribution in [0.3, 0.4) is 0 Å². The lowest BCUT2D eigenvalue weighted by molar-refractivity contribution is -0.146. The summed E-state index contributed by atoms with van der Waals surface area (Å²) in [5.74, 6) is -0.174. The van der Waals surface area contributed by atoms with Crippen molar-refractivity contribution in [1.29, 1.82) is 0 Å². The Balaban J connectivity index is 2.77. The van der Waals surface area contributed by atoms with Gasteiger partial charge in [-0.2, -0.15) is 0 Å². The van der Waals surface area contributed by atoms with Gasteiger partial charge in [-0.15, -0.1) is 0 Å². The fraction of sp³-hybridized carbons (Fsp3) is 0.833. The Bertz CT molecular complexity index is 275. The number of aldehydes is 1. The molecule has 3 nitrogen and oxygen atoms in total. The number of halogens is 1. The molecule has 0 heterocycles. The highest BCUT2D eigenvalue weighted by atomic mass is 79.9. The van der Waals surface area contributed by atoms with Crippen molar-refractivity contribution in [3.05, 3.63) is 0 Å². The number of rotatable bonds is 3. The van der Waals surface area contributed by atoms with E-state index in [-0.39, 0.29) is 23.2 Å². The Morgan fingerprint density at radius 3 is 2.62 bits per heavy atom. The molecule has 0 N–H and O–H groups in total. The highest BCUT2D eigenvalue weighted by Gasteiger charge is 2.44. The van der Waals surface area contributed by atoms with Gasteiger partial charge in [0, 0.05) is 23.6 Å². The van der Waals surface area contributed by atoms with Crippen molar-refractivity contribution in [3.8, 4) is 0 Å². The highest BCUT2D eigenvalue weighted by Crippen LogP contribution is 2.46. The molecule has 1 fully saturated rings. The van der Waals surface area contributed by atoms with Crippen LogP contribution in [0.4, 0.5) is 0 Å². The maximum absolute atomic E-state index is 11.1. The number of alkyl halides is 1. The van der Waals surface area contributed by atoms with Gasteiger partial charge >= 0.3 is 5.97 Å². The van der Waals surface area contributed by atoms with Crippen molar-refractivity contribution >= 4 is 28.2 Å². The summed E-state index contributed by atoms with van der Waals surface area (Å²) < 4.78 is 5.08.